The first-order chi connectivity index (χ1) is 8.19. The molecule has 0 saturated carbocycles. The van der Waals surface area contributed by atoms with Gasteiger partial charge in [0.25, 0.3) is 0 Å². The van der Waals surface area contributed by atoms with Crippen molar-refractivity contribution in [3.8, 4) is 0 Å². The van der Waals surface area contributed by atoms with Gasteiger partial charge in [-0.1, -0.05) is 38.1 Å². The number of hydrogen-bond acceptors (Lipinski definition) is 0. The minimum absolute atomic E-state index is 0.661. The van der Waals surface area contributed by atoms with Crippen molar-refractivity contribution < 1.29 is 4.57 Å². The normalized spacial score (nSPS) is 12.6. The summed E-state index contributed by atoms with van der Waals surface area (Å²) in [5.41, 5.74) is 2.79. The Kier molecular flexibility index (Phi) is 3.62. The van der Waals surface area contributed by atoms with E-state index in [1.807, 2.05) is 7.05 Å². The molecule has 1 aromatic heterocycles. The van der Waals surface area contributed by atoms with Crippen LogP contribution in [0.5, 0.6) is 0 Å². The van der Waals surface area contributed by atoms with Gasteiger partial charge in [-0.25, -0.2) is 9.13 Å². The Morgan fingerprint density at radius 3 is 2.47 bits per heavy atom. The second kappa shape index (κ2) is 5.17. The molecule has 0 spiro atoms. The summed E-state index contributed by atoms with van der Waals surface area (Å²) in [7, 11) is 2.04. The van der Waals surface area contributed by atoms with Crippen LogP contribution in [-0.2, 0) is 13.6 Å². The van der Waals surface area contributed by atoms with Crippen molar-refractivity contribution in [1.29, 1.82) is 0 Å². The Balaban J connectivity index is 2.08. The Labute approximate surface area is 104 Å². The average molecular weight is 229 g/mol. The van der Waals surface area contributed by atoms with Crippen LogP contribution in [0.2, 0.25) is 0 Å². The summed E-state index contributed by atoms with van der Waals surface area (Å²) in [5.74, 6) is 0.661. The molecule has 0 aliphatic carbocycles. The summed E-state index contributed by atoms with van der Waals surface area (Å²) < 4.78 is 4.26. The monoisotopic (exact) mass is 229 g/mol. The fourth-order valence-electron chi connectivity index (χ4n) is 1.99. The van der Waals surface area contributed by atoms with Gasteiger partial charge in [0.2, 0.25) is 6.33 Å². The second-order valence-electron chi connectivity index (χ2n) is 4.80. The number of nitrogens with zero attached hydrogens (tertiary/aromatic N) is 2. The van der Waals surface area contributed by atoms with Gasteiger partial charge in [-0.15, -0.1) is 0 Å². The zero-order chi connectivity index (χ0) is 12.3. The SMILES string of the molecule is CCC(C)c1ccc(Cn2cc[n+](C)c2)cc1. The predicted octanol–water partition coefficient (Wildman–Crippen LogP) is 2.87. The van der Waals surface area contributed by atoms with Gasteiger partial charge in [0.05, 0.1) is 7.05 Å². The molecule has 2 nitrogen and oxygen atoms in total. The Hall–Kier alpha value is -1.57. The summed E-state index contributed by atoms with van der Waals surface area (Å²) >= 11 is 0. The van der Waals surface area contributed by atoms with E-state index in [0.29, 0.717) is 5.92 Å². The smallest absolute Gasteiger partial charge is 0.240 e. The van der Waals surface area contributed by atoms with Gasteiger partial charge < -0.3 is 0 Å². The standard InChI is InChI=1S/C15H21N2/c1-4-13(2)15-7-5-14(6-8-15)11-17-10-9-16(3)12-17/h5-10,12-13H,4,11H2,1-3H3/q+1. The van der Waals surface area contributed by atoms with Crippen LogP contribution in [0.3, 0.4) is 0 Å². The van der Waals surface area contributed by atoms with Crippen molar-refractivity contribution in [2.75, 3.05) is 0 Å². The number of imidazole rings is 1. The van der Waals surface area contributed by atoms with Gasteiger partial charge >= 0.3 is 0 Å². The zero-order valence-corrected chi connectivity index (χ0v) is 10.9. The molecule has 0 amide bonds. The number of benzene rings is 1. The van der Waals surface area contributed by atoms with Crippen LogP contribution in [0.15, 0.2) is 43.0 Å². The lowest BCUT2D eigenvalue weighted by Gasteiger charge is -2.09. The van der Waals surface area contributed by atoms with Gasteiger partial charge in [-0.3, -0.25) is 0 Å². The summed E-state index contributed by atoms with van der Waals surface area (Å²) in [4.78, 5) is 0. The first kappa shape index (κ1) is 11.9. The average Bonchev–Trinajstić information content (AvgIpc) is 2.75. The van der Waals surface area contributed by atoms with Crippen LogP contribution in [0.4, 0.5) is 0 Å². The largest absolute Gasteiger partial charge is 0.243 e. The molecular weight excluding hydrogens is 208 g/mol. The first-order valence-electron chi connectivity index (χ1n) is 6.29. The van der Waals surface area contributed by atoms with Crippen molar-refractivity contribution in [3.05, 3.63) is 54.1 Å². The van der Waals surface area contributed by atoms with Crippen molar-refractivity contribution in [3.63, 3.8) is 0 Å². The van der Waals surface area contributed by atoms with E-state index in [9.17, 15) is 0 Å². The van der Waals surface area contributed by atoms with E-state index >= 15 is 0 Å². The van der Waals surface area contributed by atoms with Gasteiger partial charge in [0.1, 0.15) is 18.9 Å². The van der Waals surface area contributed by atoms with Crippen molar-refractivity contribution in [2.24, 2.45) is 7.05 Å². The highest BCUT2D eigenvalue weighted by Gasteiger charge is 2.04. The van der Waals surface area contributed by atoms with Crippen LogP contribution in [-0.4, -0.2) is 4.57 Å². The fourth-order valence-corrected chi connectivity index (χ4v) is 1.99. The van der Waals surface area contributed by atoms with E-state index in [4.69, 9.17) is 0 Å². The molecule has 2 aromatic rings. The highest BCUT2D eigenvalue weighted by molar-refractivity contribution is 5.25. The van der Waals surface area contributed by atoms with Crippen molar-refractivity contribution in [2.45, 2.75) is 32.7 Å². The molecule has 1 heterocycles. The third-order valence-corrected chi connectivity index (χ3v) is 3.35. The van der Waals surface area contributed by atoms with Gasteiger partial charge in [-0.2, -0.15) is 0 Å². The maximum Gasteiger partial charge on any atom is 0.243 e. The van der Waals surface area contributed by atoms with Gasteiger partial charge in [0.15, 0.2) is 0 Å². The zero-order valence-electron chi connectivity index (χ0n) is 10.9. The Bertz CT molecular complexity index is 468. The summed E-state index contributed by atoms with van der Waals surface area (Å²) in [6, 6.07) is 8.99. The predicted molar refractivity (Wildman–Crippen MR) is 69.9 cm³/mol. The molecule has 2 heteroatoms. The number of aromatic nitrogens is 2. The Morgan fingerprint density at radius 1 is 1.24 bits per heavy atom. The fraction of sp³-hybridized carbons (Fsp3) is 0.400. The minimum atomic E-state index is 0.661. The molecule has 0 N–H and O–H groups in total. The van der Waals surface area contributed by atoms with Crippen LogP contribution in [0, 0.1) is 0 Å². The molecule has 0 saturated heterocycles. The van der Waals surface area contributed by atoms with Crippen LogP contribution in [0.1, 0.15) is 37.3 Å². The van der Waals surface area contributed by atoms with E-state index in [1.165, 1.54) is 17.5 Å². The number of hydrogen-bond donors (Lipinski definition) is 0. The Morgan fingerprint density at radius 2 is 1.94 bits per heavy atom. The number of rotatable bonds is 4. The molecule has 0 aliphatic rings. The molecule has 1 unspecified atom stereocenters. The molecule has 2 rings (SSSR count). The lowest BCUT2D eigenvalue weighted by atomic mass is 9.98. The lowest BCUT2D eigenvalue weighted by molar-refractivity contribution is -0.671. The topological polar surface area (TPSA) is 8.81 Å². The highest BCUT2D eigenvalue weighted by Crippen LogP contribution is 2.18. The van der Waals surface area contributed by atoms with Crippen LogP contribution >= 0.6 is 0 Å². The molecular formula is C15H21N2+. The first-order valence-corrected chi connectivity index (χ1v) is 6.29. The summed E-state index contributed by atoms with van der Waals surface area (Å²) in [6.45, 7) is 5.46. The number of aryl methyl sites for hydroxylation is 1. The van der Waals surface area contributed by atoms with Crippen molar-refractivity contribution in [1.82, 2.24) is 4.57 Å². The maximum absolute atomic E-state index is 2.28. The molecule has 90 valence electrons. The molecule has 17 heavy (non-hydrogen) atoms. The molecule has 1 aromatic carbocycles. The van der Waals surface area contributed by atoms with Crippen molar-refractivity contribution >= 4 is 0 Å². The molecule has 0 fully saturated rings. The lowest BCUT2D eigenvalue weighted by Crippen LogP contribution is -2.23. The molecule has 0 radical (unpaired) electrons. The van der Waals surface area contributed by atoms with E-state index in [0.717, 1.165) is 6.54 Å². The molecule has 0 bridgehead atoms. The van der Waals surface area contributed by atoms with Crippen LogP contribution in [0.25, 0.3) is 0 Å². The third-order valence-electron chi connectivity index (χ3n) is 3.35. The second-order valence-corrected chi connectivity index (χ2v) is 4.80. The third kappa shape index (κ3) is 2.96. The maximum atomic E-state index is 2.28. The minimum Gasteiger partial charge on any atom is -0.240 e. The van der Waals surface area contributed by atoms with E-state index in [-0.39, 0.29) is 0 Å². The summed E-state index contributed by atoms with van der Waals surface area (Å²) in [5, 5.41) is 0. The van der Waals surface area contributed by atoms with Gasteiger partial charge in [0, 0.05) is 0 Å². The van der Waals surface area contributed by atoms with E-state index < -0.39 is 0 Å². The van der Waals surface area contributed by atoms with E-state index in [1.54, 1.807) is 0 Å². The quantitative estimate of drug-likeness (QED) is 0.713. The highest BCUT2D eigenvalue weighted by atomic mass is 15.1. The molecule has 0 aliphatic heterocycles. The van der Waals surface area contributed by atoms with Gasteiger partial charge in [-0.05, 0) is 23.5 Å². The molecule has 1 atom stereocenters. The van der Waals surface area contributed by atoms with Crippen LogP contribution < -0.4 is 4.57 Å². The summed E-state index contributed by atoms with van der Waals surface area (Å²) in [6.07, 6.45) is 7.46. The van der Waals surface area contributed by atoms with E-state index in [2.05, 4.69) is 66.0 Å².